The number of rotatable bonds is 6. The Hall–Kier alpha value is -1.58. The third kappa shape index (κ3) is 4.06. The Morgan fingerprint density at radius 2 is 2.35 bits per heavy atom. The van der Waals surface area contributed by atoms with Crippen molar-refractivity contribution in [1.29, 1.82) is 5.26 Å². The van der Waals surface area contributed by atoms with E-state index < -0.39 is 4.92 Å². The SMILES string of the molecule is COCCCSc1ccc(C#N)c([N+](=O)[O-])c1. The van der Waals surface area contributed by atoms with Crippen molar-refractivity contribution < 1.29 is 9.66 Å². The van der Waals surface area contributed by atoms with Gasteiger partial charge in [0, 0.05) is 30.4 Å². The zero-order valence-electron chi connectivity index (χ0n) is 9.38. The lowest BCUT2D eigenvalue weighted by molar-refractivity contribution is -0.385. The van der Waals surface area contributed by atoms with Gasteiger partial charge in [-0.1, -0.05) is 0 Å². The zero-order chi connectivity index (χ0) is 12.7. The molecule has 0 aliphatic rings. The summed E-state index contributed by atoms with van der Waals surface area (Å²) in [6, 6.07) is 6.46. The van der Waals surface area contributed by atoms with Gasteiger partial charge in [0.05, 0.1) is 4.92 Å². The van der Waals surface area contributed by atoms with Gasteiger partial charge >= 0.3 is 0 Å². The van der Waals surface area contributed by atoms with Gasteiger partial charge < -0.3 is 4.74 Å². The first kappa shape index (κ1) is 13.5. The first-order valence-corrected chi connectivity index (χ1v) is 5.98. The Morgan fingerprint density at radius 3 is 2.94 bits per heavy atom. The molecule has 5 nitrogen and oxygen atoms in total. The van der Waals surface area contributed by atoms with E-state index in [9.17, 15) is 10.1 Å². The molecule has 1 aromatic rings. The Morgan fingerprint density at radius 1 is 1.59 bits per heavy atom. The minimum absolute atomic E-state index is 0.0937. The van der Waals surface area contributed by atoms with Crippen molar-refractivity contribution in [2.45, 2.75) is 11.3 Å². The molecule has 6 heteroatoms. The molecule has 0 aromatic heterocycles. The first-order chi connectivity index (χ1) is 8.19. The quantitative estimate of drug-likeness (QED) is 0.336. The van der Waals surface area contributed by atoms with Crippen LogP contribution < -0.4 is 0 Å². The molecule has 0 fully saturated rings. The largest absolute Gasteiger partial charge is 0.385 e. The molecular weight excluding hydrogens is 240 g/mol. The van der Waals surface area contributed by atoms with E-state index in [1.54, 1.807) is 13.2 Å². The molecule has 0 saturated heterocycles. The first-order valence-electron chi connectivity index (χ1n) is 4.99. The summed E-state index contributed by atoms with van der Waals surface area (Å²) in [6.45, 7) is 0.672. The smallest absolute Gasteiger partial charge is 0.288 e. The van der Waals surface area contributed by atoms with Gasteiger partial charge in [0.25, 0.3) is 5.69 Å². The Labute approximate surface area is 104 Å². The van der Waals surface area contributed by atoms with Gasteiger partial charge in [0.1, 0.15) is 11.6 Å². The van der Waals surface area contributed by atoms with Crippen LogP contribution in [0.1, 0.15) is 12.0 Å². The number of benzene rings is 1. The van der Waals surface area contributed by atoms with Crippen molar-refractivity contribution in [1.82, 2.24) is 0 Å². The number of nitro benzene ring substituents is 1. The zero-order valence-corrected chi connectivity index (χ0v) is 10.2. The summed E-state index contributed by atoms with van der Waals surface area (Å²) in [7, 11) is 1.64. The highest BCUT2D eigenvalue weighted by molar-refractivity contribution is 7.99. The van der Waals surface area contributed by atoms with Crippen molar-refractivity contribution in [3.8, 4) is 6.07 Å². The molecule has 1 rings (SSSR count). The molecule has 17 heavy (non-hydrogen) atoms. The van der Waals surface area contributed by atoms with Crippen LogP contribution in [0.25, 0.3) is 0 Å². The third-order valence-corrected chi connectivity index (χ3v) is 3.13. The standard InChI is InChI=1S/C11H12N2O3S/c1-16-5-2-6-17-10-4-3-9(8-12)11(7-10)13(14)15/h3-4,7H,2,5-6H2,1H3. The lowest BCUT2D eigenvalue weighted by Crippen LogP contribution is -1.93. The van der Waals surface area contributed by atoms with Crippen LogP contribution in [0.4, 0.5) is 5.69 Å². The molecule has 0 amide bonds. The molecule has 1 aromatic carbocycles. The second-order valence-corrected chi connectivity index (χ2v) is 4.41. The molecule has 0 aliphatic carbocycles. The maximum absolute atomic E-state index is 10.7. The van der Waals surface area contributed by atoms with Crippen molar-refractivity contribution in [2.75, 3.05) is 19.5 Å². The van der Waals surface area contributed by atoms with Crippen LogP contribution in [0.15, 0.2) is 23.1 Å². The number of nitriles is 1. The van der Waals surface area contributed by atoms with Gasteiger partial charge in [-0.05, 0) is 18.6 Å². The maximum atomic E-state index is 10.7. The molecule has 0 unspecified atom stereocenters. The molecule has 0 saturated carbocycles. The summed E-state index contributed by atoms with van der Waals surface area (Å²) >= 11 is 1.52. The highest BCUT2D eigenvalue weighted by Crippen LogP contribution is 2.26. The van der Waals surface area contributed by atoms with Crippen LogP contribution in [0, 0.1) is 21.4 Å². The molecule has 0 N–H and O–H groups in total. The van der Waals surface area contributed by atoms with Gasteiger partial charge in [-0.15, -0.1) is 11.8 Å². The van der Waals surface area contributed by atoms with E-state index >= 15 is 0 Å². The summed E-state index contributed by atoms with van der Waals surface area (Å²) in [5.74, 6) is 0.830. The fraction of sp³-hybridized carbons (Fsp3) is 0.364. The van der Waals surface area contributed by atoms with Gasteiger partial charge in [-0.3, -0.25) is 10.1 Å². The van der Waals surface area contributed by atoms with Gasteiger partial charge in [-0.2, -0.15) is 5.26 Å². The van der Waals surface area contributed by atoms with Crippen molar-refractivity contribution >= 4 is 17.4 Å². The highest BCUT2D eigenvalue weighted by atomic mass is 32.2. The summed E-state index contributed by atoms with van der Waals surface area (Å²) in [5, 5.41) is 19.5. The molecule has 0 radical (unpaired) electrons. The lowest BCUT2D eigenvalue weighted by Gasteiger charge is -2.02. The maximum Gasteiger partial charge on any atom is 0.288 e. The van der Waals surface area contributed by atoms with Gasteiger partial charge in [0.2, 0.25) is 0 Å². The summed E-state index contributed by atoms with van der Waals surface area (Å²) in [4.78, 5) is 11.0. The van der Waals surface area contributed by atoms with E-state index in [0.717, 1.165) is 17.1 Å². The van der Waals surface area contributed by atoms with Crippen molar-refractivity contribution in [3.05, 3.63) is 33.9 Å². The average Bonchev–Trinajstić information content (AvgIpc) is 2.34. The van der Waals surface area contributed by atoms with E-state index in [1.807, 2.05) is 6.07 Å². The topological polar surface area (TPSA) is 76.2 Å². The molecular formula is C11H12N2O3S. The third-order valence-electron chi connectivity index (χ3n) is 2.05. The minimum atomic E-state index is -0.530. The highest BCUT2D eigenvalue weighted by Gasteiger charge is 2.14. The van der Waals surface area contributed by atoms with Crippen LogP contribution >= 0.6 is 11.8 Å². The fourth-order valence-corrected chi connectivity index (χ4v) is 2.10. The fourth-order valence-electron chi connectivity index (χ4n) is 1.24. The number of nitro groups is 1. The predicted octanol–water partition coefficient (Wildman–Crippen LogP) is 2.60. The van der Waals surface area contributed by atoms with Crippen LogP contribution in [0.3, 0.4) is 0 Å². The summed E-state index contributed by atoms with van der Waals surface area (Å²) in [6.07, 6.45) is 0.884. The second-order valence-electron chi connectivity index (χ2n) is 3.24. The van der Waals surface area contributed by atoms with Crippen LogP contribution in [-0.4, -0.2) is 24.4 Å². The lowest BCUT2D eigenvalue weighted by atomic mass is 10.2. The van der Waals surface area contributed by atoms with Crippen molar-refractivity contribution in [2.24, 2.45) is 0 Å². The van der Waals surface area contributed by atoms with Gasteiger partial charge in [0.15, 0.2) is 0 Å². The molecule has 0 heterocycles. The van der Waals surface area contributed by atoms with Gasteiger partial charge in [-0.25, -0.2) is 0 Å². The minimum Gasteiger partial charge on any atom is -0.385 e. The predicted molar refractivity (Wildman–Crippen MR) is 65.0 cm³/mol. The second kappa shape index (κ2) is 6.89. The number of hydrogen-bond donors (Lipinski definition) is 0. The number of hydrogen-bond acceptors (Lipinski definition) is 5. The Balaban J connectivity index is 2.72. The Kier molecular flexibility index (Phi) is 5.46. The number of thioether (sulfide) groups is 1. The summed E-state index contributed by atoms with van der Waals surface area (Å²) in [5.41, 5.74) is -0.0412. The van der Waals surface area contributed by atoms with Crippen LogP contribution in [-0.2, 0) is 4.74 Å². The van der Waals surface area contributed by atoms with E-state index in [4.69, 9.17) is 10.00 Å². The van der Waals surface area contributed by atoms with Crippen LogP contribution in [0.2, 0.25) is 0 Å². The number of ether oxygens (including phenoxy) is 1. The van der Waals surface area contributed by atoms with E-state index in [1.165, 1.54) is 23.9 Å². The summed E-state index contributed by atoms with van der Waals surface area (Å²) < 4.78 is 4.91. The molecule has 0 atom stereocenters. The normalized spacial score (nSPS) is 9.88. The molecule has 0 spiro atoms. The average molecular weight is 252 g/mol. The molecule has 0 aliphatic heterocycles. The molecule has 90 valence electrons. The molecule has 0 bridgehead atoms. The van der Waals surface area contributed by atoms with Crippen LogP contribution in [0.5, 0.6) is 0 Å². The Bertz CT molecular complexity index is 443. The van der Waals surface area contributed by atoms with E-state index in [2.05, 4.69) is 0 Å². The van der Waals surface area contributed by atoms with E-state index in [0.29, 0.717) is 6.61 Å². The van der Waals surface area contributed by atoms with Crippen molar-refractivity contribution in [3.63, 3.8) is 0 Å². The van der Waals surface area contributed by atoms with E-state index in [-0.39, 0.29) is 11.3 Å². The number of methoxy groups -OCH3 is 1. The number of nitrogens with zero attached hydrogens (tertiary/aromatic N) is 2. The monoisotopic (exact) mass is 252 g/mol.